The van der Waals surface area contributed by atoms with Crippen LogP contribution < -0.4 is 5.56 Å². The molecule has 126 valence electrons. The average molecular weight is 333 g/mol. The van der Waals surface area contributed by atoms with Gasteiger partial charge in [0.25, 0.3) is 5.56 Å². The molecule has 1 aliphatic rings. The van der Waals surface area contributed by atoms with Gasteiger partial charge in [-0.1, -0.05) is 48.5 Å². The zero-order chi connectivity index (χ0) is 17.2. The monoisotopic (exact) mass is 333 g/mol. The molecule has 0 spiro atoms. The molecule has 0 N–H and O–H groups in total. The van der Waals surface area contributed by atoms with Crippen molar-refractivity contribution in [1.82, 2.24) is 14.7 Å². The summed E-state index contributed by atoms with van der Waals surface area (Å²) in [6.07, 6.45) is 2.59. The van der Waals surface area contributed by atoms with Crippen LogP contribution in [-0.2, 0) is 11.3 Å². The van der Waals surface area contributed by atoms with Gasteiger partial charge in [-0.05, 0) is 18.1 Å². The lowest BCUT2D eigenvalue weighted by atomic mass is 9.99. The quantitative estimate of drug-likeness (QED) is 0.740. The van der Waals surface area contributed by atoms with Crippen LogP contribution in [0.25, 0.3) is 10.8 Å². The van der Waals surface area contributed by atoms with Gasteiger partial charge in [-0.25, -0.2) is 4.68 Å². The molecule has 0 bridgehead atoms. The fraction of sp³-hybridized carbons (Fsp3) is 0.250. The van der Waals surface area contributed by atoms with Crippen LogP contribution in [0.5, 0.6) is 0 Å². The SMILES string of the molecule is O=C(Cn1ncc2ccccc2c1=O)N1CCC(c2ccccc2)C1. The second kappa shape index (κ2) is 6.51. The number of amides is 1. The third-order valence-corrected chi connectivity index (χ3v) is 4.86. The van der Waals surface area contributed by atoms with Crippen molar-refractivity contribution in [3.05, 3.63) is 76.7 Å². The van der Waals surface area contributed by atoms with E-state index in [-0.39, 0.29) is 18.0 Å². The van der Waals surface area contributed by atoms with E-state index in [0.717, 1.165) is 18.4 Å². The summed E-state index contributed by atoms with van der Waals surface area (Å²) in [6.45, 7) is 1.41. The predicted molar refractivity (Wildman–Crippen MR) is 96.4 cm³/mol. The summed E-state index contributed by atoms with van der Waals surface area (Å²) in [4.78, 5) is 26.9. The van der Waals surface area contributed by atoms with Crippen molar-refractivity contribution >= 4 is 16.7 Å². The Morgan fingerprint density at radius 3 is 2.68 bits per heavy atom. The predicted octanol–water partition coefficient (Wildman–Crippen LogP) is 2.41. The Balaban J connectivity index is 1.50. The van der Waals surface area contributed by atoms with Crippen molar-refractivity contribution < 1.29 is 4.79 Å². The first-order valence-electron chi connectivity index (χ1n) is 8.50. The van der Waals surface area contributed by atoms with Crippen LogP contribution in [0.3, 0.4) is 0 Å². The normalized spacial score (nSPS) is 17.1. The Kier molecular flexibility index (Phi) is 4.06. The number of nitrogens with zero attached hydrogens (tertiary/aromatic N) is 3. The highest BCUT2D eigenvalue weighted by atomic mass is 16.2. The number of fused-ring (bicyclic) bond motifs is 1. The number of hydrogen-bond donors (Lipinski definition) is 0. The minimum absolute atomic E-state index is 0.00875. The molecule has 0 radical (unpaired) electrons. The summed E-state index contributed by atoms with van der Waals surface area (Å²) in [5.74, 6) is 0.315. The van der Waals surface area contributed by atoms with Crippen molar-refractivity contribution in [2.45, 2.75) is 18.9 Å². The summed E-state index contributed by atoms with van der Waals surface area (Å²) >= 11 is 0. The van der Waals surface area contributed by atoms with E-state index >= 15 is 0 Å². The lowest BCUT2D eigenvalue weighted by Gasteiger charge is -2.17. The first-order chi connectivity index (χ1) is 12.2. The fourth-order valence-corrected chi connectivity index (χ4v) is 3.45. The van der Waals surface area contributed by atoms with Crippen molar-refractivity contribution in [2.24, 2.45) is 0 Å². The zero-order valence-electron chi connectivity index (χ0n) is 13.8. The Bertz CT molecular complexity index is 965. The first kappa shape index (κ1) is 15.6. The minimum Gasteiger partial charge on any atom is -0.340 e. The first-order valence-corrected chi connectivity index (χ1v) is 8.50. The maximum atomic E-state index is 12.6. The topological polar surface area (TPSA) is 55.2 Å². The van der Waals surface area contributed by atoms with Crippen LogP contribution in [-0.4, -0.2) is 33.7 Å². The Hall–Kier alpha value is -2.95. The molecule has 2 heterocycles. The van der Waals surface area contributed by atoms with Crippen molar-refractivity contribution in [3.63, 3.8) is 0 Å². The maximum Gasteiger partial charge on any atom is 0.275 e. The number of carbonyl (C=O) groups is 1. The van der Waals surface area contributed by atoms with E-state index in [1.165, 1.54) is 10.2 Å². The van der Waals surface area contributed by atoms with Gasteiger partial charge in [0.2, 0.25) is 5.91 Å². The lowest BCUT2D eigenvalue weighted by Crippen LogP contribution is -2.36. The van der Waals surface area contributed by atoms with E-state index in [1.54, 1.807) is 12.3 Å². The third kappa shape index (κ3) is 3.05. The highest BCUT2D eigenvalue weighted by Crippen LogP contribution is 2.26. The van der Waals surface area contributed by atoms with E-state index in [4.69, 9.17) is 0 Å². The fourth-order valence-electron chi connectivity index (χ4n) is 3.45. The summed E-state index contributed by atoms with van der Waals surface area (Å²) in [7, 11) is 0. The molecular weight excluding hydrogens is 314 g/mol. The van der Waals surface area contributed by atoms with Gasteiger partial charge < -0.3 is 4.90 Å². The second-order valence-corrected chi connectivity index (χ2v) is 6.43. The molecule has 5 heteroatoms. The molecule has 3 aromatic rings. The van der Waals surface area contributed by atoms with E-state index < -0.39 is 0 Å². The molecule has 25 heavy (non-hydrogen) atoms. The Labute approximate surface area is 145 Å². The van der Waals surface area contributed by atoms with E-state index in [9.17, 15) is 9.59 Å². The molecule has 1 amide bonds. The lowest BCUT2D eigenvalue weighted by molar-refractivity contribution is -0.131. The van der Waals surface area contributed by atoms with Gasteiger partial charge in [0.05, 0.1) is 11.6 Å². The number of aromatic nitrogens is 2. The van der Waals surface area contributed by atoms with Crippen LogP contribution in [0.1, 0.15) is 17.9 Å². The number of hydrogen-bond acceptors (Lipinski definition) is 3. The van der Waals surface area contributed by atoms with E-state index in [1.807, 2.05) is 41.3 Å². The van der Waals surface area contributed by atoms with E-state index in [0.29, 0.717) is 17.8 Å². The van der Waals surface area contributed by atoms with Gasteiger partial charge in [0.1, 0.15) is 6.54 Å². The summed E-state index contributed by atoms with van der Waals surface area (Å²) in [5.41, 5.74) is 1.05. The molecule has 1 fully saturated rings. The van der Waals surface area contributed by atoms with Crippen molar-refractivity contribution in [3.8, 4) is 0 Å². The van der Waals surface area contributed by atoms with E-state index in [2.05, 4.69) is 17.2 Å². The summed E-state index contributed by atoms with van der Waals surface area (Å²) in [5, 5.41) is 5.54. The van der Waals surface area contributed by atoms with Gasteiger partial charge in [0.15, 0.2) is 0 Å². The molecule has 0 saturated carbocycles. The summed E-state index contributed by atoms with van der Waals surface area (Å²) in [6, 6.07) is 17.6. The third-order valence-electron chi connectivity index (χ3n) is 4.86. The molecule has 1 unspecified atom stereocenters. The number of benzene rings is 2. The second-order valence-electron chi connectivity index (χ2n) is 6.43. The molecule has 2 aromatic carbocycles. The van der Waals surface area contributed by atoms with Gasteiger partial charge in [-0.2, -0.15) is 5.10 Å². The van der Waals surface area contributed by atoms with Crippen LogP contribution in [0.15, 0.2) is 65.6 Å². The summed E-state index contributed by atoms with van der Waals surface area (Å²) < 4.78 is 1.26. The maximum absolute atomic E-state index is 12.6. The molecule has 1 aromatic heterocycles. The average Bonchev–Trinajstić information content (AvgIpc) is 3.15. The number of likely N-dealkylation sites (tertiary alicyclic amines) is 1. The van der Waals surface area contributed by atoms with Crippen LogP contribution in [0.2, 0.25) is 0 Å². The smallest absolute Gasteiger partial charge is 0.275 e. The van der Waals surface area contributed by atoms with Gasteiger partial charge >= 0.3 is 0 Å². The standard InChI is InChI=1S/C20H19N3O2/c24-19(22-11-10-17(13-22)15-6-2-1-3-7-15)14-23-20(25)18-9-5-4-8-16(18)12-21-23/h1-9,12,17H,10-11,13-14H2. The molecule has 1 saturated heterocycles. The van der Waals surface area contributed by atoms with Crippen LogP contribution in [0, 0.1) is 0 Å². The molecular formula is C20H19N3O2. The highest BCUT2D eigenvalue weighted by Gasteiger charge is 2.27. The Morgan fingerprint density at radius 2 is 1.84 bits per heavy atom. The molecule has 5 nitrogen and oxygen atoms in total. The zero-order valence-corrected chi connectivity index (χ0v) is 13.8. The van der Waals surface area contributed by atoms with Gasteiger partial charge in [-0.3, -0.25) is 9.59 Å². The molecule has 0 aliphatic carbocycles. The number of rotatable bonds is 3. The number of carbonyl (C=O) groups excluding carboxylic acids is 1. The van der Waals surface area contributed by atoms with Crippen molar-refractivity contribution in [1.29, 1.82) is 0 Å². The van der Waals surface area contributed by atoms with Gasteiger partial charge in [0, 0.05) is 24.4 Å². The van der Waals surface area contributed by atoms with Crippen molar-refractivity contribution in [2.75, 3.05) is 13.1 Å². The molecule has 1 atom stereocenters. The van der Waals surface area contributed by atoms with Gasteiger partial charge in [-0.15, -0.1) is 0 Å². The molecule has 1 aliphatic heterocycles. The van der Waals surface area contributed by atoms with Crippen LogP contribution >= 0.6 is 0 Å². The largest absolute Gasteiger partial charge is 0.340 e. The molecule has 4 rings (SSSR count). The highest BCUT2D eigenvalue weighted by molar-refractivity contribution is 5.81. The minimum atomic E-state index is -0.217. The van der Waals surface area contributed by atoms with Crippen LogP contribution in [0.4, 0.5) is 0 Å². The Morgan fingerprint density at radius 1 is 1.08 bits per heavy atom.